The first kappa shape index (κ1) is 55.4. The molecule has 0 aliphatic heterocycles. The van der Waals surface area contributed by atoms with Crippen molar-refractivity contribution in [2.75, 3.05) is 0 Å². The van der Waals surface area contributed by atoms with Crippen molar-refractivity contribution < 1.29 is 11.5 Å². The van der Waals surface area contributed by atoms with Crippen LogP contribution >= 0.6 is 0 Å². The Kier molecular flexibility index (Phi) is 1850. The van der Waals surface area contributed by atoms with E-state index in [1.807, 2.05) is 0 Å². The Morgan fingerprint density at radius 1 is 0.429 bits per heavy atom. The molecule has 0 aliphatic rings. The monoisotopic (exact) mass is 420 g/mol. The van der Waals surface area contributed by atoms with Crippen LogP contribution in [0.1, 0.15) is 0 Å². The van der Waals surface area contributed by atoms with Gasteiger partial charge in [0.25, 0.3) is 0 Å². The molecular formula is C6FeN6Pb-6. The molecule has 0 bridgehead atoms. The standard InChI is InChI=1S/6CN.Fe.Pb/c6*1-2;;/q6*-1;;. The van der Waals surface area contributed by atoms with Crippen molar-refractivity contribution in [2.45, 2.75) is 0 Å². The summed E-state index contributed by atoms with van der Waals surface area (Å²) in [6, 6.07) is 0. The van der Waals surface area contributed by atoms with Crippen molar-refractivity contribution >= 4 is 22.7 Å². The van der Waals surface area contributed by atoms with Crippen LogP contribution in [0.15, 0.2) is 0 Å². The molecule has 0 amide bonds. The first-order valence-corrected chi connectivity index (χ1v) is 7.74. The molecule has 0 saturated heterocycles. The molecule has 0 N–H and O–H groups in total. The molecular weight excluding hydrogens is 419 g/mol. The minimum atomic E-state index is 1.06. The third-order valence-corrected chi connectivity index (χ3v) is 0. The summed E-state index contributed by atoms with van der Waals surface area (Å²) in [5.41, 5.74) is 0. The van der Waals surface area contributed by atoms with Gasteiger partial charge in [0.2, 0.25) is 0 Å². The van der Waals surface area contributed by atoms with Gasteiger partial charge in [0.1, 0.15) is 0 Å². The fourth-order valence-electron chi connectivity index (χ4n) is 0. The van der Waals surface area contributed by atoms with Gasteiger partial charge >= 0.3 is 34.2 Å². The molecule has 0 aromatic carbocycles. The SMILES string of the molecule is [C-]#N.[C-]#N.[C-]#N.[C-]#N.[C-]#N.[C-]#N.[Fe]=[Pb]. The summed E-state index contributed by atoms with van der Waals surface area (Å²) in [6.07, 6.45) is 0. The summed E-state index contributed by atoms with van der Waals surface area (Å²) in [7, 11) is 0. The van der Waals surface area contributed by atoms with Crippen LogP contribution in [0.2, 0.25) is 0 Å². The molecule has 8 heteroatoms. The van der Waals surface area contributed by atoms with Gasteiger partial charge in [-0.05, 0) is 0 Å². The van der Waals surface area contributed by atoms with Gasteiger partial charge in [-0.15, -0.1) is 0 Å². The molecule has 2 radical (unpaired) electrons. The quantitative estimate of drug-likeness (QED) is 0.405. The van der Waals surface area contributed by atoms with E-state index in [0.29, 0.717) is 0 Å². The molecule has 0 aliphatic carbocycles. The van der Waals surface area contributed by atoms with E-state index in [9.17, 15) is 0 Å². The molecule has 6 nitrogen and oxygen atoms in total. The topological polar surface area (TPSA) is 143 Å². The zero-order valence-corrected chi connectivity index (χ0v) is 11.5. The minimum absolute atomic E-state index is 1.06. The molecule has 0 aromatic rings. The number of hydrogen-bond acceptors (Lipinski definition) is 6. The van der Waals surface area contributed by atoms with Crippen LogP contribution in [0, 0.1) is 71.0 Å². The Morgan fingerprint density at radius 2 is 0.429 bits per heavy atom. The summed E-state index contributed by atoms with van der Waals surface area (Å²) < 4.78 is 0. The van der Waals surface area contributed by atoms with Crippen LogP contribution in [0.3, 0.4) is 0 Å². The summed E-state index contributed by atoms with van der Waals surface area (Å²) in [5, 5.41) is 37.5. The van der Waals surface area contributed by atoms with Crippen molar-refractivity contribution in [1.82, 2.24) is 0 Å². The van der Waals surface area contributed by atoms with Gasteiger partial charge in [0, 0.05) is 0 Å². The fourth-order valence-corrected chi connectivity index (χ4v) is 0. The number of rotatable bonds is 0. The second-order valence-corrected chi connectivity index (χ2v) is 0. The van der Waals surface area contributed by atoms with E-state index in [1.54, 1.807) is 0 Å². The summed E-state index contributed by atoms with van der Waals surface area (Å²) in [5.74, 6) is 0. The Labute approximate surface area is 105 Å². The normalized spacial score (nSPS) is 1.21. The second-order valence-electron chi connectivity index (χ2n) is 0. The van der Waals surface area contributed by atoms with Gasteiger partial charge < -0.3 is 71.0 Å². The maximum atomic E-state index is 6.25. The van der Waals surface area contributed by atoms with Crippen LogP contribution in [-0.2, 0) is 11.5 Å². The molecule has 0 rings (SSSR count). The molecule has 72 valence electrons. The van der Waals surface area contributed by atoms with E-state index < -0.39 is 0 Å². The van der Waals surface area contributed by atoms with Crippen LogP contribution in [0.4, 0.5) is 0 Å². The molecule has 0 spiro atoms. The van der Waals surface area contributed by atoms with E-state index in [1.165, 1.54) is 0 Å². The molecule has 0 unspecified atom stereocenters. The summed E-state index contributed by atoms with van der Waals surface area (Å²) in [6.45, 7) is 28.5. The molecule has 14 heavy (non-hydrogen) atoms. The average Bonchev–Trinajstić information content (AvgIpc) is 2.45. The van der Waals surface area contributed by atoms with E-state index >= 15 is 0 Å². The third kappa shape index (κ3) is 349. The molecule has 0 heterocycles. The molecule has 0 atom stereocenters. The first-order chi connectivity index (χ1) is 7.00. The Bertz CT molecular complexity index is 109. The Morgan fingerprint density at radius 3 is 0.429 bits per heavy atom. The van der Waals surface area contributed by atoms with Crippen LogP contribution in [0.5, 0.6) is 0 Å². The van der Waals surface area contributed by atoms with Crippen molar-refractivity contribution in [3.63, 3.8) is 0 Å². The Hall–Kier alpha value is -1.62. The molecule has 0 saturated carbocycles. The van der Waals surface area contributed by atoms with Crippen LogP contribution < -0.4 is 0 Å². The van der Waals surface area contributed by atoms with Gasteiger partial charge in [-0.2, -0.15) is 0 Å². The van der Waals surface area contributed by atoms with Crippen LogP contribution in [-0.4, -0.2) is 22.7 Å². The zero-order chi connectivity index (χ0) is 14.0. The molecule has 0 fully saturated rings. The van der Waals surface area contributed by atoms with E-state index in [0.717, 1.165) is 22.7 Å². The summed E-state index contributed by atoms with van der Waals surface area (Å²) >= 11 is 4.44. The maximum absolute atomic E-state index is 6.25. The van der Waals surface area contributed by atoms with Crippen molar-refractivity contribution in [3.8, 4) is 0 Å². The van der Waals surface area contributed by atoms with E-state index in [-0.39, 0.29) is 0 Å². The first-order valence-electron chi connectivity index (χ1n) is 1.52. The van der Waals surface area contributed by atoms with Gasteiger partial charge in [0.05, 0.1) is 0 Å². The second kappa shape index (κ2) is 468. The van der Waals surface area contributed by atoms with E-state index in [2.05, 4.69) is 11.5 Å². The fraction of sp³-hybridized carbons (Fsp3) is 0. The Balaban J connectivity index is -0.00000000817. The average molecular weight is 419 g/mol. The van der Waals surface area contributed by atoms with E-state index in [4.69, 9.17) is 71.0 Å². The number of nitrogens with zero attached hydrogens (tertiary/aromatic N) is 6. The van der Waals surface area contributed by atoms with Crippen LogP contribution in [0.25, 0.3) is 0 Å². The van der Waals surface area contributed by atoms with Crippen molar-refractivity contribution in [3.05, 3.63) is 39.4 Å². The predicted molar refractivity (Wildman–Crippen MR) is 35.6 cm³/mol. The van der Waals surface area contributed by atoms with Gasteiger partial charge in [-0.3, -0.25) is 0 Å². The summed E-state index contributed by atoms with van der Waals surface area (Å²) in [4.78, 5) is 0. The number of hydrogen-bond donors (Lipinski definition) is 0. The van der Waals surface area contributed by atoms with Crippen molar-refractivity contribution in [2.24, 2.45) is 0 Å². The molecule has 0 aromatic heterocycles. The van der Waals surface area contributed by atoms with Gasteiger partial charge in [-0.1, -0.05) is 0 Å². The van der Waals surface area contributed by atoms with Gasteiger partial charge in [0.15, 0.2) is 0 Å². The third-order valence-electron chi connectivity index (χ3n) is 0. The van der Waals surface area contributed by atoms with Crippen molar-refractivity contribution in [1.29, 1.82) is 31.6 Å². The predicted octanol–water partition coefficient (Wildman–Crippen LogP) is 0.195. The van der Waals surface area contributed by atoms with Gasteiger partial charge in [-0.25, -0.2) is 0 Å². The zero-order valence-electron chi connectivity index (χ0n) is 6.54.